The first-order valence-corrected chi connectivity index (χ1v) is 3.36. The lowest BCUT2D eigenvalue weighted by molar-refractivity contribution is 0.494. The maximum atomic E-state index is 9.65. The molecule has 0 aromatic rings. The van der Waals surface area contributed by atoms with E-state index in [-0.39, 0.29) is 0 Å². The Morgan fingerprint density at radius 1 is 1.57 bits per heavy atom. The van der Waals surface area contributed by atoms with Gasteiger partial charge in [0.25, 0.3) is 10.1 Å². The van der Waals surface area contributed by atoms with Gasteiger partial charge in [-0.3, -0.25) is 4.55 Å². The van der Waals surface area contributed by atoms with Gasteiger partial charge in [0.2, 0.25) is 0 Å². The summed E-state index contributed by atoms with van der Waals surface area (Å²) in [5.74, 6) is 0. The molecular formula is C2H4O3S2. The smallest absolute Gasteiger partial charge is 0.282 e. The molecule has 5 heteroatoms. The summed E-state index contributed by atoms with van der Waals surface area (Å²) in [6.45, 7) is 0. The van der Waals surface area contributed by atoms with Crippen LogP contribution in [0, 0.1) is 0 Å². The predicted octanol–water partition coefficient (Wildman–Crippen LogP) is 0.275. The minimum atomic E-state index is -3.93. The first-order chi connectivity index (χ1) is 3.06. The van der Waals surface area contributed by atoms with E-state index in [2.05, 4.69) is 12.6 Å². The summed E-state index contributed by atoms with van der Waals surface area (Å²) < 4.78 is 27.2. The van der Waals surface area contributed by atoms with Crippen LogP contribution in [-0.2, 0) is 10.1 Å². The summed E-state index contributed by atoms with van der Waals surface area (Å²) in [5.41, 5.74) is 0. The van der Waals surface area contributed by atoms with Gasteiger partial charge < -0.3 is 0 Å². The molecule has 0 amide bonds. The standard InChI is InChI=1S/C2H4O3S2/c3-7(4,5)2-1-6/h1-2,6H,(H,3,4,5). The third-order valence-electron chi connectivity index (χ3n) is 0.233. The van der Waals surface area contributed by atoms with Crippen LogP contribution < -0.4 is 0 Å². The zero-order valence-electron chi connectivity index (χ0n) is 3.27. The Hall–Kier alpha value is -0.000000000000000111. The summed E-state index contributed by atoms with van der Waals surface area (Å²) in [4.78, 5) is 0. The first-order valence-electron chi connectivity index (χ1n) is 1.34. The fourth-order valence-corrected chi connectivity index (χ4v) is 0.692. The molecular weight excluding hydrogens is 136 g/mol. The van der Waals surface area contributed by atoms with Crippen molar-refractivity contribution in [3.05, 3.63) is 10.8 Å². The van der Waals surface area contributed by atoms with E-state index in [1.165, 1.54) is 0 Å². The Morgan fingerprint density at radius 3 is 2.00 bits per heavy atom. The highest BCUT2D eigenvalue weighted by Gasteiger charge is 1.90. The van der Waals surface area contributed by atoms with Crippen molar-refractivity contribution in [1.29, 1.82) is 0 Å². The summed E-state index contributed by atoms with van der Waals surface area (Å²) in [6, 6.07) is 0. The average molecular weight is 140 g/mol. The van der Waals surface area contributed by atoms with Crippen LogP contribution in [0.3, 0.4) is 0 Å². The van der Waals surface area contributed by atoms with Gasteiger partial charge in [-0.2, -0.15) is 21.0 Å². The third-order valence-corrected chi connectivity index (χ3v) is 1.06. The summed E-state index contributed by atoms with van der Waals surface area (Å²) >= 11 is 3.39. The lowest BCUT2D eigenvalue weighted by Crippen LogP contribution is -1.87. The van der Waals surface area contributed by atoms with Crippen LogP contribution in [0.5, 0.6) is 0 Å². The number of hydrogen-bond donors (Lipinski definition) is 2. The van der Waals surface area contributed by atoms with Gasteiger partial charge in [0, 0.05) is 0 Å². The Balaban J connectivity index is 4.13. The monoisotopic (exact) mass is 140 g/mol. The van der Waals surface area contributed by atoms with Gasteiger partial charge in [-0.05, 0) is 5.41 Å². The van der Waals surface area contributed by atoms with Crippen molar-refractivity contribution in [3.63, 3.8) is 0 Å². The number of thiol groups is 1. The Bertz CT molecular complexity index is 154. The zero-order chi connectivity index (χ0) is 5.91. The quantitative estimate of drug-likeness (QED) is 0.406. The van der Waals surface area contributed by atoms with E-state index in [9.17, 15) is 8.42 Å². The van der Waals surface area contributed by atoms with Crippen LogP contribution in [0.15, 0.2) is 10.8 Å². The van der Waals surface area contributed by atoms with E-state index < -0.39 is 10.1 Å². The summed E-state index contributed by atoms with van der Waals surface area (Å²) in [5, 5.41) is 1.52. The van der Waals surface area contributed by atoms with Gasteiger partial charge >= 0.3 is 0 Å². The zero-order valence-corrected chi connectivity index (χ0v) is 4.98. The Kier molecular flexibility index (Phi) is 2.34. The van der Waals surface area contributed by atoms with Crippen LogP contribution in [0.1, 0.15) is 0 Å². The normalized spacial score (nSPS) is 12.9. The molecule has 1 N–H and O–H groups in total. The number of hydrogen-bond acceptors (Lipinski definition) is 3. The lowest BCUT2D eigenvalue weighted by Gasteiger charge is -1.76. The van der Waals surface area contributed by atoms with Crippen LogP contribution >= 0.6 is 12.6 Å². The van der Waals surface area contributed by atoms with E-state index >= 15 is 0 Å². The van der Waals surface area contributed by atoms with Crippen molar-refractivity contribution in [1.82, 2.24) is 0 Å². The Morgan fingerprint density at radius 2 is 2.00 bits per heavy atom. The van der Waals surface area contributed by atoms with Gasteiger partial charge in [-0.1, -0.05) is 0 Å². The fourth-order valence-electron chi connectivity index (χ4n) is 0.0769. The second-order valence-electron chi connectivity index (χ2n) is 0.800. The molecule has 3 nitrogen and oxygen atoms in total. The maximum Gasteiger partial charge on any atom is 0.288 e. The maximum absolute atomic E-state index is 9.65. The molecule has 0 atom stereocenters. The van der Waals surface area contributed by atoms with Crippen molar-refractivity contribution in [2.45, 2.75) is 0 Å². The first kappa shape index (κ1) is 7.00. The van der Waals surface area contributed by atoms with Gasteiger partial charge in [-0.15, -0.1) is 0 Å². The highest BCUT2D eigenvalue weighted by atomic mass is 32.2. The van der Waals surface area contributed by atoms with Crippen molar-refractivity contribution < 1.29 is 13.0 Å². The van der Waals surface area contributed by atoms with Crippen molar-refractivity contribution >= 4 is 22.7 Å². The number of rotatable bonds is 1. The third kappa shape index (κ3) is 6.00. The van der Waals surface area contributed by atoms with Gasteiger partial charge in [-0.25, -0.2) is 0 Å². The molecule has 42 valence electrons. The fraction of sp³-hybridized carbons (Fsp3) is 0. The average Bonchev–Trinajstić information content (AvgIpc) is 1.30. The molecule has 0 saturated heterocycles. The van der Waals surface area contributed by atoms with E-state index in [1.807, 2.05) is 0 Å². The van der Waals surface area contributed by atoms with Crippen molar-refractivity contribution in [3.8, 4) is 0 Å². The predicted molar refractivity (Wildman–Crippen MR) is 29.7 cm³/mol. The Labute approximate surface area is 47.2 Å². The van der Waals surface area contributed by atoms with E-state index in [0.29, 0.717) is 5.41 Å². The van der Waals surface area contributed by atoms with Crippen LogP contribution in [0.4, 0.5) is 0 Å². The van der Waals surface area contributed by atoms with Crippen molar-refractivity contribution in [2.75, 3.05) is 0 Å². The van der Waals surface area contributed by atoms with Gasteiger partial charge in [0.1, 0.15) is 0 Å². The molecule has 0 aromatic heterocycles. The molecule has 0 rings (SSSR count). The largest absolute Gasteiger partial charge is 0.288 e. The van der Waals surface area contributed by atoms with Crippen LogP contribution in [-0.4, -0.2) is 13.0 Å². The highest BCUT2D eigenvalue weighted by Crippen LogP contribution is 1.84. The molecule has 7 heavy (non-hydrogen) atoms. The molecule has 0 fully saturated rings. The highest BCUT2D eigenvalue weighted by molar-refractivity contribution is 7.90. The van der Waals surface area contributed by atoms with Gasteiger partial charge in [0.05, 0.1) is 5.41 Å². The second-order valence-corrected chi connectivity index (χ2v) is 2.40. The van der Waals surface area contributed by atoms with Gasteiger partial charge in [0.15, 0.2) is 0 Å². The molecule has 0 aromatic carbocycles. The van der Waals surface area contributed by atoms with E-state index in [1.54, 1.807) is 0 Å². The minimum Gasteiger partial charge on any atom is -0.282 e. The van der Waals surface area contributed by atoms with Crippen LogP contribution in [0.2, 0.25) is 0 Å². The lowest BCUT2D eigenvalue weighted by atomic mass is 11.3. The molecule has 0 unspecified atom stereocenters. The van der Waals surface area contributed by atoms with E-state index in [0.717, 1.165) is 5.41 Å². The molecule has 0 aliphatic rings. The summed E-state index contributed by atoms with van der Waals surface area (Å²) in [7, 11) is -3.93. The SMILES string of the molecule is O=S(=O)(O)C=CS. The molecule has 0 spiro atoms. The second kappa shape index (κ2) is 2.34. The van der Waals surface area contributed by atoms with E-state index in [4.69, 9.17) is 4.55 Å². The molecule has 0 aliphatic heterocycles. The molecule has 0 bridgehead atoms. The minimum absolute atomic E-state index is 0.579. The van der Waals surface area contributed by atoms with Crippen molar-refractivity contribution in [2.24, 2.45) is 0 Å². The summed E-state index contributed by atoms with van der Waals surface area (Å²) in [6.07, 6.45) is 0. The molecule has 0 heterocycles. The molecule has 0 saturated carbocycles. The molecule has 0 aliphatic carbocycles. The topological polar surface area (TPSA) is 54.4 Å². The molecule has 0 radical (unpaired) electrons. The van der Waals surface area contributed by atoms with Crippen LogP contribution in [0.25, 0.3) is 0 Å².